The molecule has 2 heterocycles. The molecule has 0 unspecified atom stereocenters. The molecule has 2 aliphatic rings. The van der Waals surface area contributed by atoms with Crippen molar-refractivity contribution in [2.45, 2.75) is 226 Å². The minimum atomic E-state index is -1.92. The van der Waals surface area contributed by atoms with E-state index in [1.807, 2.05) is 6.07 Å². The number of urea groups is 3. The molecule has 45 N–H and O–H groups in total. The van der Waals surface area contributed by atoms with Gasteiger partial charge in [-0.1, -0.05) is 88.3 Å². The van der Waals surface area contributed by atoms with Crippen molar-refractivity contribution >= 4 is 157 Å². The average molecular weight is 2070 g/mol. The molecule has 6 rings (SSSR count). The highest BCUT2D eigenvalue weighted by molar-refractivity contribution is 8.76. The lowest BCUT2D eigenvalue weighted by Gasteiger charge is -2.31. The normalized spacial score (nSPS) is 20.0. The highest BCUT2D eigenvalue weighted by Gasteiger charge is 2.43. The number of fused-ring (bicyclic) bond motifs is 2. The fourth-order valence-electron chi connectivity index (χ4n) is 15.5. The second-order valence-electron chi connectivity index (χ2n) is 34.6. The monoisotopic (exact) mass is 2070 g/mol. The van der Waals surface area contributed by atoms with Crippen LogP contribution in [0.2, 0.25) is 0 Å². The third-order valence-electron chi connectivity index (χ3n) is 23.2. The number of phenolic OH excluding ortho intramolecular Hbond substituents is 2. The number of amides is 20. The van der Waals surface area contributed by atoms with Gasteiger partial charge in [0.1, 0.15) is 90.0 Å². The number of rotatable bonds is 47. The van der Waals surface area contributed by atoms with Gasteiger partial charge in [-0.2, -0.15) is 0 Å². The van der Waals surface area contributed by atoms with Gasteiger partial charge in [-0.15, -0.1) is 0 Å². The smallest absolute Gasteiger partial charge is 0.312 e. The summed E-state index contributed by atoms with van der Waals surface area (Å²) in [6.45, 7) is -0.588. The number of hydrogen-bond donors (Lipinski definition) is 35. The van der Waals surface area contributed by atoms with Crippen LogP contribution in [0.4, 0.5) is 14.4 Å². The van der Waals surface area contributed by atoms with Gasteiger partial charge in [0.15, 0.2) is 23.8 Å². The lowest BCUT2D eigenvalue weighted by atomic mass is 10.00. The maximum atomic E-state index is 16.0. The van der Waals surface area contributed by atoms with E-state index in [0.717, 1.165) is 31.9 Å². The number of nitrogens with one attached hydrogen (secondary N) is 23. The topological polar surface area (TPSA) is 918 Å². The van der Waals surface area contributed by atoms with Crippen LogP contribution in [0.15, 0.2) is 91.0 Å². The number of carbonyl (C=O) groups is 17. The number of primary amides is 4. The van der Waals surface area contributed by atoms with Crippen molar-refractivity contribution in [2.24, 2.45) is 57.3 Å². The zero-order valence-electron chi connectivity index (χ0n) is 80.4. The number of nitrogens with two attached hydrogens (primary N) is 10. The Morgan fingerprint density at radius 3 is 1.26 bits per heavy atom. The summed E-state index contributed by atoms with van der Waals surface area (Å²) in [7, 11) is 1.48. The maximum Gasteiger partial charge on any atom is 0.312 e. The van der Waals surface area contributed by atoms with E-state index in [1.54, 1.807) is 36.4 Å². The molecular weight excluding hydrogens is 1930 g/mol. The summed E-state index contributed by atoms with van der Waals surface area (Å²) in [4.78, 5) is 250. The molecule has 0 aliphatic carbocycles. The molecule has 796 valence electrons. The Morgan fingerprint density at radius 1 is 0.400 bits per heavy atom. The largest absolute Gasteiger partial charge is 0.508 e. The Balaban J connectivity index is 1.62. The molecule has 2 fully saturated rings. The molecular formula is C90H140N34O19S2. The Labute approximate surface area is 844 Å². The summed E-state index contributed by atoms with van der Waals surface area (Å²) in [6.07, 6.45) is -2.65. The minimum Gasteiger partial charge on any atom is -0.508 e. The molecule has 55 heteroatoms. The molecule has 4 aromatic carbocycles. The van der Waals surface area contributed by atoms with Crippen LogP contribution in [0.25, 0.3) is 10.8 Å². The van der Waals surface area contributed by atoms with E-state index in [0.29, 0.717) is 16.5 Å². The van der Waals surface area contributed by atoms with Crippen LogP contribution in [0.3, 0.4) is 0 Å². The first kappa shape index (κ1) is 119. The van der Waals surface area contributed by atoms with Gasteiger partial charge in [-0.3, -0.25) is 88.8 Å². The van der Waals surface area contributed by atoms with Gasteiger partial charge < -0.3 is 173 Å². The predicted octanol–water partition coefficient (Wildman–Crippen LogP) is -7.18. The molecule has 4 aromatic rings. The fourth-order valence-corrected chi connectivity index (χ4v) is 17.9. The molecule has 2 aliphatic heterocycles. The first-order chi connectivity index (χ1) is 69.1. The molecule has 20 amide bonds. The van der Waals surface area contributed by atoms with Gasteiger partial charge >= 0.3 is 18.1 Å². The van der Waals surface area contributed by atoms with Crippen LogP contribution < -0.4 is 158 Å². The number of carbonyl (C=O) groups excluding carboxylic acids is 17. The summed E-state index contributed by atoms with van der Waals surface area (Å²) in [6, 6.07) is -2.89. The van der Waals surface area contributed by atoms with Gasteiger partial charge in [0.25, 0.3) is 0 Å². The van der Waals surface area contributed by atoms with E-state index < -0.39 is 228 Å². The zero-order chi connectivity index (χ0) is 107. The average Bonchev–Trinajstić information content (AvgIpc) is 1.75. The summed E-state index contributed by atoms with van der Waals surface area (Å²) < 4.78 is 0. The van der Waals surface area contributed by atoms with E-state index in [4.69, 9.17) is 79.0 Å². The van der Waals surface area contributed by atoms with Crippen LogP contribution in [0.1, 0.15) is 139 Å². The molecule has 53 nitrogen and oxygen atoms in total. The first-order valence-electron chi connectivity index (χ1n) is 47.5. The Bertz CT molecular complexity index is 5090. The molecule has 14 atom stereocenters. The Kier molecular flexibility index (Phi) is 51.5. The summed E-state index contributed by atoms with van der Waals surface area (Å²) in [5.74, 6) is -17.8. The first-order valence-corrected chi connectivity index (χ1v) is 50.0. The van der Waals surface area contributed by atoms with Crippen LogP contribution in [-0.4, -0.2) is 295 Å². The highest BCUT2D eigenvalue weighted by Crippen LogP contribution is 2.27. The minimum absolute atomic E-state index is 0.00412. The number of aromatic hydroxyl groups is 2. The van der Waals surface area contributed by atoms with Crippen LogP contribution >= 0.6 is 21.6 Å². The number of benzene rings is 4. The lowest BCUT2D eigenvalue weighted by molar-refractivity contribution is -0.142. The standard InChI is InChI=1S/C90H140N34O19S2/c91-34-4-3-16-58-74(131)118-63(22-11-41-111-90(104)143)83(140)124-42-12-23-69(124)82(139)121-65(45-50-27-32-55(126)33-28-50)78(135)117-60(19-8-38-108-87(100)101)73(130)115-62(21-10-40-110-89(103)142)76(133)122-67(80(137)112-57(70(93)127)17-6-36-106-85(96)97)47-144-145-48-68(81(138)120-64(44-49-25-30-54(125)31-26-49)77(134)116-61(72(129)114-58)20-9-39-109-88(102)141)123-79(136)66(46-51-24-29-52-13-1-2-14-53(52)43-51)119-75(132)59(18-7-37-107-86(98)99)113-71(128)56(92)15-5-35-105-84(94)95/h1-2,13-14,24-33,43,56-69,125-126H,3-12,15-23,34-42,44-48,91-92H2,(H2,93,127)(H,112,137)(H,113,128)(H,114,129)(H,115,130)(H,116,134)(H,117,135)(H,118,131)(H,119,132)(H,120,138)(H,121,139)(H,122,133)(H,123,136)(H4,94,95,105)(H4,96,97,106)(H4,98,99,107)(H4,100,101,108)(H3,102,109,141)(H3,103,110,142)(H3,104,111,143)/t56-,57-,58-,59-,60-,61-,62-,63+,64-,65-,66-,67-,68-,69-/m0/s1. The Morgan fingerprint density at radius 2 is 0.793 bits per heavy atom. The van der Waals surface area contributed by atoms with Gasteiger partial charge in [0.05, 0.1) is 6.04 Å². The van der Waals surface area contributed by atoms with Crippen molar-refractivity contribution in [3.05, 3.63) is 108 Å². The summed E-state index contributed by atoms with van der Waals surface area (Å²) in [5, 5.41) is 103. The van der Waals surface area contributed by atoms with E-state index in [9.17, 15) is 34.2 Å². The maximum absolute atomic E-state index is 16.0. The SMILES string of the molecule is N=C(N)NCCC[C@H](NC(=O)[C@@H]1CSSC[C@H](NC(=O)[C@H](Cc2ccc3ccccc3c2)NC(=O)[C@H](CCCNC(=N)N)NC(=O)[C@@H](N)CCCNC(=N)N)C(=O)N[C@@H](Cc2ccc(O)cc2)C(=O)N[C@@H](CCCNC(N)=O)C(=O)N[C@@H](CCCCN)C(=O)N[C@H](CCCNC(N)=O)C(=O)N2CCC[C@H]2C(=O)N[C@@H](Cc2ccc(O)cc2)C(=O)N[C@@H](CCCNC(=N)N)C(=O)N[C@@H](CCCNC(N)=O)C(=O)N1)C(N)=O. The summed E-state index contributed by atoms with van der Waals surface area (Å²) >= 11 is 0. The molecule has 0 aromatic heterocycles. The number of hydrogen-bond acceptors (Lipinski definition) is 27. The molecule has 0 bridgehead atoms. The van der Waals surface area contributed by atoms with Crippen LogP contribution in [-0.2, 0) is 86.4 Å². The third-order valence-corrected chi connectivity index (χ3v) is 25.6. The van der Waals surface area contributed by atoms with Crippen molar-refractivity contribution in [3.63, 3.8) is 0 Å². The van der Waals surface area contributed by atoms with E-state index >= 15 is 57.5 Å². The van der Waals surface area contributed by atoms with Crippen molar-refractivity contribution in [2.75, 3.05) is 70.4 Å². The molecule has 0 saturated carbocycles. The van der Waals surface area contributed by atoms with Crippen molar-refractivity contribution < 1.29 is 91.7 Å². The van der Waals surface area contributed by atoms with Gasteiger partial charge in [-0.25, -0.2) is 14.4 Å². The fraction of sp³-hybridized carbons (Fsp3) is 0.522. The lowest BCUT2D eigenvalue weighted by Crippen LogP contribution is -2.61. The number of guanidine groups is 4. The van der Waals surface area contributed by atoms with Gasteiger partial charge in [0, 0.05) is 83.1 Å². The summed E-state index contributed by atoms with van der Waals surface area (Å²) in [5.41, 5.74) is 57.9. The second kappa shape index (κ2) is 63.0. The molecule has 0 radical (unpaired) electrons. The number of nitrogens with zero attached hydrogens (tertiary/aromatic N) is 1. The molecule has 145 heavy (non-hydrogen) atoms. The predicted molar refractivity (Wildman–Crippen MR) is 541 cm³/mol. The quantitative estimate of drug-likeness (QED) is 0.00846. The van der Waals surface area contributed by atoms with E-state index in [-0.39, 0.29) is 210 Å². The van der Waals surface area contributed by atoms with Crippen LogP contribution in [0, 0.1) is 21.6 Å². The van der Waals surface area contributed by atoms with E-state index in [1.165, 1.54) is 48.5 Å². The van der Waals surface area contributed by atoms with Crippen molar-refractivity contribution in [1.29, 1.82) is 21.6 Å². The van der Waals surface area contributed by atoms with E-state index in [2.05, 4.69) is 101 Å². The molecule has 2 saturated heterocycles. The second-order valence-corrected chi connectivity index (χ2v) is 37.2. The van der Waals surface area contributed by atoms with Crippen molar-refractivity contribution in [3.8, 4) is 11.5 Å². The number of unbranched alkanes of at least 4 members (excludes halogenated alkanes) is 1. The Hall–Kier alpha value is -15.2. The van der Waals surface area contributed by atoms with Crippen LogP contribution in [0.5, 0.6) is 11.5 Å². The van der Waals surface area contributed by atoms with Gasteiger partial charge in [0.2, 0.25) is 82.7 Å². The van der Waals surface area contributed by atoms with Crippen molar-refractivity contribution in [1.82, 2.24) is 106 Å². The number of phenols is 2. The highest BCUT2D eigenvalue weighted by atomic mass is 33.1. The zero-order valence-corrected chi connectivity index (χ0v) is 82.1. The third kappa shape index (κ3) is 44.5. The van der Waals surface area contributed by atoms with Gasteiger partial charge in [-0.05, 0) is 180 Å². The molecule has 0 spiro atoms.